The van der Waals surface area contributed by atoms with E-state index in [1.807, 2.05) is 19.2 Å². The Bertz CT molecular complexity index is 1090. The van der Waals surface area contributed by atoms with Crippen LogP contribution in [-0.4, -0.2) is 42.2 Å². The molecule has 2 heterocycles. The third kappa shape index (κ3) is 4.87. The van der Waals surface area contributed by atoms with Crippen molar-refractivity contribution < 1.29 is 13.9 Å². The third-order valence-electron chi connectivity index (χ3n) is 5.93. The summed E-state index contributed by atoms with van der Waals surface area (Å²) in [6.07, 6.45) is 3.96. The minimum Gasteiger partial charge on any atom is -0.493 e. The predicted octanol–water partition coefficient (Wildman–Crippen LogP) is 5.64. The van der Waals surface area contributed by atoms with Gasteiger partial charge in [-0.05, 0) is 55.6 Å². The number of hydrogen-bond acceptors (Lipinski definition) is 5. The molecule has 0 radical (unpaired) electrons. The summed E-state index contributed by atoms with van der Waals surface area (Å²) >= 11 is 6.54. The van der Waals surface area contributed by atoms with Crippen LogP contribution in [0.15, 0.2) is 42.6 Å². The number of piperidine rings is 1. The summed E-state index contributed by atoms with van der Waals surface area (Å²) in [4.78, 5) is 11.6. The van der Waals surface area contributed by atoms with E-state index < -0.39 is 0 Å². The van der Waals surface area contributed by atoms with Crippen molar-refractivity contribution in [2.24, 2.45) is 0 Å². The van der Waals surface area contributed by atoms with Gasteiger partial charge in [-0.3, -0.25) is 4.90 Å². The molecule has 1 atom stereocenters. The van der Waals surface area contributed by atoms with E-state index in [1.54, 1.807) is 32.4 Å². The molecule has 1 saturated heterocycles. The summed E-state index contributed by atoms with van der Waals surface area (Å²) in [5.41, 5.74) is 3.92. The Hall–Kier alpha value is -2.70. The van der Waals surface area contributed by atoms with E-state index in [-0.39, 0.29) is 11.7 Å². The average Bonchev–Trinajstić information content (AvgIpc) is 2.81. The van der Waals surface area contributed by atoms with E-state index in [4.69, 9.17) is 26.1 Å². The van der Waals surface area contributed by atoms with Crippen LogP contribution in [0.25, 0.3) is 11.1 Å². The normalized spacial score (nSPS) is 16.7. The number of ether oxygens (including phenoxy) is 2. The summed E-state index contributed by atoms with van der Waals surface area (Å²) in [6, 6.07) is 10.3. The lowest BCUT2D eigenvalue weighted by Crippen LogP contribution is -2.34. The lowest BCUT2D eigenvalue weighted by atomic mass is 9.89. The van der Waals surface area contributed by atoms with E-state index >= 15 is 0 Å². The fourth-order valence-corrected chi connectivity index (χ4v) is 4.54. The Morgan fingerprint density at radius 3 is 2.56 bits per heavy atom. The van der Waals surface area contributed by atoms with Gasteiger partial charge in [-0.25, -0.2) is 14.4 Å². The highest BCUT2D eigenvalue weighted by molar-refractivity contribution is 6.31. The molecule has 4 rings (SSSR count). The summed E-state index contributed by atoms with van der Waals surface area (Å²) in [6.45, 7) is 4.46. The molecule has 168 valence electrons. The number of likely N-dealkylation sites (tertiary alicyclic amines) is 1. The number of benzene rings is 2. The molecule has 1 unspecified atom stereocenters. The van der Waals surface area contributed by atoms with Crippen LogP contribution in [0, 0.1) is 12.7 Å². The molecule has 0 N–H and O–H groups in total. The standard InChI is InChI=1S/C25H27ClFN3O2/c1-16-28-13-21(17-6-8-20(27)9-7-17)25(29-16)18-5-4-10-30(14-18)15-19-11-23(31-2)24(32-3)12-22(19)26/h6-9,11-13,18H,4-5,10,14-15H2,1-3H3. The topological polar surface area (TPSA) is 47.5 Å². The number of rotatable bonds is 6. The largest absolute Gasteiger partial charge is 0.493 e. The molecule has 0 amide bonds. The molecular weight excluding hydrogens is 429 g/mol. The van der Waals surface area contributed by atoms with Crippen LogP contribution in [0.3, 0.4) is 0 Å². The maximum Gasteiger partial charge on any atom is 0.162 e. The van der Waals surface area contributed by atoms with E-state index in [1.165, 1.54) is 12.1 Å². The van der Waals surface area contributed by atoms with Gasteiger partial charge in [0.25, 0.3) is 0 Å². The fourth-order valence-electron chi connectivity index (χ4n) is 4.33. The molecule has 1 aliphatic heterocycles. The summed E-state index contributed by atoms with van der Waals surface area (Å²) in [5, 5.41) is 0.662. The quantitative estimate of drug-likeness (QED) is 0.481. The number of hydrogen-bond donors (Lipinski definition) is 0. The first-order valence-corrected chi connectivity index (χ1v) is 11.1. The first-order chi connectivity index (χ1) is 15.5. The van der Waals surface area contributed by atoms with Gasteiger partial charge >= 0.3 is 0 Å². The Balaban J connectivity index is 1.59. The van der Waals surface area contributed by atoms with E-state index in [0.717, 1.165) is 54.1 Å². The zero-order valence-corrected chi connectivity index (χ0v) is 19.3. The van der Waals surface area contributed by atoms with Gasteiger partial charge in [0.15, 0.2) is 11.5 Å². The van der Waals surface area contributed by atoms with Crippen LogP contribution in [0.5, 0.6) is 11.5 Å². The van der Waals surface area contributed by atoms with Gasteiger partial charge < -0.3 is 9.47 Å². The van der Waals surface area contributed by atoms with Crippen molar-refractivity contribution in [3.63, 3.8) is 0 Å². The zero-order valence-electron chi connectivity index (χ0n) is 18.6. The average molecular weight is 456 g/mol. The Kier molecular flexibility index (Phi) is 6.92. The smallest absolute Gasteiger partial charge is 0.162 e. The molecule has 0 saturated carbocycles. The van der Waals surface area contributed by atoms with Gasteiger partial charge in [0.1, 0.15) is 11.6 Å². The van der Waals surface area contributed by atoms with Crippen LogP contribution in [-0.2, 0) is 6.54 Å². The zero-order chi connectivity index (χ0) is 22.7. The van der Waals surface area contributed by atoms with Crippen LogP contribution in [0.4, 0.5) is 4.39 Å². The van der Waals surface area contributed by atoms with Crippen molar-refractivity contribution in [1.82, 2.24) is 14.9 Å². The molecule has 0 spiro atoms. The second-order valence-corrected chi connectivity index (χ2v) is 8.50. The van der Waals surface area contributed by atoms with Gasteiger partial charge in [0, 0.05) is 41.9 Å². The van der Waals surface area contributed by atoms with Crippen molar-refractivity contribution in [3.8, 4) is 22.6 Å². The Morgan fingerprint density at radius 1 is 1.12 bits per heavy atom. The minimum absolute atomic E-state index is 0.251. The summed E-state index contributed by atoms with van der Waals surface area (Å²) in [7, 11) is 3.23. The number of aromatic nitrogens is 2. The molecule has 2 aromatic carbocycles. The highest BCUT2D eigenvalue weighted by Gasteiger charge is 2.26. The second kappa shape index (κ2) is 9.84. The third-order valence-corrected chi connectivity index (χ3v) is 6.28. The first-order valence-electron chi connectivity index (χ1n) is 10.7. The number of nitrogens with zero attached hydrogens (tertiary/aromatic N) is 3. The summed E-state index contributed by atoms with van der Waals surface area (Å²) < 4.78 is 24.3. The van der Waals surface area contributed by atoms with Crippen molar-refractivity contribution in [3.05, 3.63) is 70.5 Å². The van der Waals surface area contributed by atoms with E-state index in [2.05, 4.69) is 9.88 Å². The molecule has 0 bridgehead atoms. The van der Waals surface area contributed by atoms with Crippen LogP contribution < -0.4 is 9.47 Å². The van der Waals surface area contributed by atoms with Crippen molar-refractivity contribution in [1.29, 1.82) is 0 Å². The summed E-state index contributed by atoms with van der Waals surface area (Å²) in [5.74, 6) is 2.04. The van der Waals surface area contributed by atoms with Gasteiger partial charge in [-0.2, -0.15) is 0 Å². The minimum atomic E-state index is -0.251. The number of methoxy groups -OCH3 is 2. The van der Waals surface area contributed by atoms with Crippen LogP contribution >= 0.6 is 11.6 Å². The fraction of sp³-hybridized carbons (Fsp3) is 0.360. The van der Waals surface area contributed by atoms with Crippen molar-refractivity contribution in [2.75, 3.05) is 27.3 Å². The molecule has 1 aromatic heterocycles. The molecular formula is C25H27ClFN3O2. The van der Waals surface area contributed by atoms with Crippen LogP contribution in [0.2, 0.25) is 5.02 Å². The number of aryl methyl sites for hydroxylation is 1. The molecule has 1 fully saturated rings. The van der Waals surface area contributed by atoms with E-state index in [9.17, 15) is 4.39 Å². The highest BCUT2D eigenvalue weighted by Crippen LogP contribution is 2.36. The maximum atomic E-state index is 13.4. The highest BCUT2D eigenvalue weighted by atomic mass is 35.5. The van der Waals surface area contributed by atoms with Gasteiger partial charge in [0.2, 0.25) is 0 Å². The molecule has 32 heavy (non-hydrogen) atoms. The SMILES string of the molecule is COc1cc(Cl)c(CN2CCCC(c3nc(C)ncc3-c3ccc(F)cc3)C2)cc1OC. The van der Waals surface area contributed by atoms with Gasteiger partial charge in [-0.1, -0.05) is 23.7 Å². The molecule has 7 heteroatoms. The molecule has 1 aliphatic rings. The predicted molar refractivity (Wildman–Crippen MR) is 124 cm³/mol. The Labute approximate surface area is 193 Å². The lowest BCUT2D eigenvalue weighted by Gasteiger charge is -2.33. The van der Waals surface area contributed by atoms with E-state index in [0.29, 0.717) is 23.1 Å². The molecule has 0 aliphatic carbocycles. The van der Waals surface area contributed by atoms with Crippen molar-refractivity contribution in [2.45, 2.75) is 32.2 Å². The van der Waals surface area contributed by atoms with Gasteiger partial charge in [0.05, 0.1) is 19.9 Å². The maximum absolute atomic E-state index is 13.4. The first kappa shape index (κ1) is 22.5. The lowest BCUT2D eigenvalue weighted by molar-refractivity contribution is 0.198. The molecule has 5 nitrogen and oxygen atoms in total. The van der Waals surface area contributed by atoms with Gasteiger partial charge in [-0.15, -0.1) is 0 Å². The number of halogens is 2. The molecule has 3 aromatic rings. The van der Waals surface area contributed by atoms with Crippen LogP contribution in [0.1, 0.15) is 35.8 Å². The monoisotopic (exact) mass is 455 g/mol. The second-order valence-electron chi connectivity index (χ2n) is 8.10. The Morgan fingerprint density at radius 2 is 1.84 bits per heavy atom. The van der Waals surface area contributed by atoms with Crippen molar-refractivity contribution >= 4 is 11.6 Å².